The van der Waals surface area contributed by atoms with Crippen molar-refractivity contribution in [1.82, 2.24) is 19.6 Å². The average Bonchev–Trinajstić information content (AvgIpc) is 3.29. The van der Waals surface area contributed by atoms with Crippen molar-refractivity contribution in [2.75, 3.05) is 5.32 Å². The molecule has 0 fully saturated rings. The molecule has 0 saturated heterocycles. The summed E-state index contributed by atoms with van der Waals surface area (Å²) in [6, 6.07) is 16.8. The Balaban J connectivity index is 1.43. The number of carbonyl (C=O) groups excluding carboxylic acids is 1. The monoisotopic (exact) mass is 453 g/mol. The van der Waals surface area contributed by atoms with E-state index in [-0.39, 0.29) is 5.91 Å². The normalized spacial score (nSPS) is 11.0. The van der Waals surface area contributed by atoms with Gasteiger partial charge in [-0.3, -0.25) is 14.2 Å². The van der Waals surface area contributed by atoms with Crippen LogP contribution in [0.5, 0.6) is 0 Å². The van der Waals surface area contributed by atoms with Crippen LogP contribution in [0.2, 0.25) is 10.0 Å². The molecule has 0 unspecified atom stereocenters. The van der Waals surface area contributed by atoms with E-state index in [9.17, 15) is 4.79 Å². The number of nitrogens with one attached hydrogen (secondary N) is 1. The van der Waals surface area contributed by atoms with Crippen molar-refractivity contribution in [1.29, 1.82) is 0 Å². The second kappa shape index (κ2) is 8.96. The Morgan fingerprint density at radius 1 is 0.968 bits per heavy atom. The van der Waals surface area contributed by atoms with E-state index in [1.807, 2.05) is 67.2 Å². The van der Waals surface area contributed by atoms with Crippen molar-refractivity contribution < 1.29 is 4.79 Å². The number of halogens is 2. The number of nitrogens with zero attached hydrogens (tertiary/aromatic N) is 4. The highest BCUT2D eigenvalue weighted by molar-refractivity contribution is 6.31. The van der Waals surface area contributed by atoms with E-state index in [2.05, 4.69) is 15.5 Å². The highest BCUT2D eigenvalue weighted by Crippen LogP contribution is 2.20. The van der Waals surface area contributed by atoms with Gasteiger partial charge in [0.1, 0.15) is 0 Å². The minimum Gasteiger partial charge on any atom is -0.305 e. The van der Waals surface area contributed by atoms with E-state index in [1.165, 1.54) is 0 Å². The summed E-state index contributed by atoms with van der Waals surface area (Å²) in [6.07, 6.45) is 1.83. The summed E-state index contributed by atoms with van der Waals surface area (Å²) >= 11 is 12.2. The molecule has 0 radical (unpaired) electrons. The second-order valence-corrected chi connectivity index (χ2v) is 8.14. The van der Waals surface area contributed by atoms with Crippen molar-refractivity contribution >= 4 is 34.9 Å². The minimum atomic E-state index is -0.218. The fourth-order valence-corrected chi connectivity index (χ4v) is 3.56. The summed E-state index contributed by atoms with van der Waals surface area (Å²) in [6.45, 7) is 4.94. The molecular formula is C23H21Cl2N5O. The maximum absolute atomic E-state index is 12.7. The largest absolute Gasteiger partial charge is 0.305 e. The zero-order valence-electron chi connectivity index (χ0n) is 17.1. The van der Waals surface area contributed by atoms with Crippen molar-refractivity contribution in [2.45, 2.75) is 26.9 Å². The molecule has 6 nitrogen and oxygen atoms in total. The van der Waals surface area contributed by atoms with Crippen LogP contribution in [0, 0.1) is 13.8 Å². The number of carbonyl (C=O) groups is 1. The number of anilines is 1. The molecule has 0 bridgehead atoms. The molecule has 2 heterocycles. The van der Waals surface area contributed by atoms with Gasteiger partial charge in [-0.15, -0.1) is 0 Å². The van der Waals surface area contributed by atoms with Crippen LogP contribution in [0.25, 0.3) is 0 Å². The Bertz CT molecular complexity index is 1230. The smallest absolute Gasteiger partial charge is 0.256 e. The molecule has 158 valence electrons. The predicted molar refractivity (Wildman–Crippen MR) is 123 cm³/mol. The van der Waals surface area contributed by atoms with Crippen LogP contribution in [0.4, 0.5) is 5.82 Å². The SMILES string of the molecule is Cc1nn(Cc2cccc(C(=O)Nc3ccn(Cc4ccc(Cl)cc4)n3)c2)c(C)c1Cl. The minimum absolute atomic E-state index is 0.218. The first-order chi connectivity index (χ1) is 14.9. The van der Waals surface area contributed by atoms with Gasteiger partial charge in [0, 0.05) is 22.8 Å². The first kappa shape index (κ1) is 21.2. The van der Waals surface area contributed by atoms with E-state index in [0.29, 0.717) is 34.5 Å². The van der Waals surface area contributed by atoms with Crippen molar-refractivity contribution in [3.05, 3.63) is 98.9 Å². The third-order valence-corrected chi connectivity index (χ3v) is 5.75. The Morgan fingerprint density at radius 2 is 1.74 bits per heavy atom. The first-order valence-electron chi connectivity index (χ1n) is 9.77. The van der Waals surface area contributed by atoms with E-state index >= 15 is 0 Å². The molecule has 2 aromatic carbocycles. The van der Waals surface area contributed by atoms with Gasteiger partial charge in [0.2, 0.25) is 0 Å². The Kier molecular flexibility index (Phi) is 6.11. The van der Waals surface area contributed by atoms with Crippen LogP contribution in [0.1, 0.15) is 32.9 Å². The van der Waals surface area contributed by atoms with Gasteiger partial charge in [0.05, 0.1) is 29.5 Å². The molecule has 0 spiro atoms. The molecule has 0 aliphatic rings. The molecule has 1 N–H and O–H groups in total. The number of hydrogen-bond acceptors (Lipinski definition) is 3. The number of aryl methyl sites for hydroxylation is 1. The summed E-state index contributed by atoms with van der Waals surface area (Å²) in [5, 5.41) is 13.1. The number of benzene rings is 2. The van der Waals surface area contributed by atoms with Crippen LogP contribution in [-0.2, 0) is 13.1 Å². The molecule has 0 atom stereocenters. The van der Waals surface area contributed by atoms with Crippen molar-refractivity contribution in [3.8, 4) is 0 Å². The highest BCUT2D eigenvalue weighted by atomic mass is 35.5. The fourth-order valence-electron chi connectivity index (χ4n) is 3.29. The molecule has 0 aliphatic heterocycles. The Hall–Kier alpha value is -3.09. The van der Waals surface area contributed by atoms with Gasteiger partial charge in [-0.1, -0.05) is 47.5 Å². The molecular weight excluding hydrogens is 433 g/mol. The first-order valence-corrected chi connectivity index (χ1v) is 10.5. The van der Waals surface area contributed by atoms with Crippen LogP contribution >= 0.6 is 23.2 Å². The molecule has 31 heavy (non-hydrogen) atoms. The van der Waals surface area contributed by atoms with Gasteiger partial charge in [-0.2, -0.15) is 10.2 Å². The van der Waals surface area contributed by atoms with Gasteiger partial charge in [0.15, 0.2) is 5.82 Å². The lowest BCUT2D eigenvalue weighted by atomic mass is 10.1. The summed E-state index contributed by atoms with van der Waals surface area (Å²) in [7, 11) is 0. The zero-order valence-corrected chi connectivity index (χ0v) is 18.7. The average molecular weight is 454 g/mol. The quantitative estimate of drug-likeness (QED) is 0.427. The van der Waals surface area contributed by atoms with Crippen LogP contribution in [0.15, 0.2) is 60.8 Å². The molecule has 0 saturated carbocycles. The van der Waals surface area contributed by atoms with E-state index in [4.69, 9.17) is 23.2 Å². The predicted octanol–water partition coefficient (Wildman–Crippen LogP) is 5.35. The Labute approximate surface area is 190 Å². The number of hydrogen-bond donors (Lipinski definition) is 1. The van der Waals surface area contributed by atoms with Crippen molar-refractivity contribution in [3.63, 3.8) is 0 Å². The fraction of sp³-hybridized carbons (Fsp3) is 0.174. The van der Waals surface area contributed by atoms with Gasteiger partial charge < -0.3 is 5.32 Å². The Morgan fingerprint density at radius 3 is 2.45 bits per heavy atom. The molecule has 4 aromatic rings. The summed E-state index contributed by atoms with van der Waals surface area (Å²) < 4.78 is 3.61. The van der Waals surface area contributed by atoms with Gasteiger partial charge in [-0.25, -0.2) is 0 Å². The lowest BCUT2D eigenvalue weighted by Crippen LogP contribution is -2.13. The standard InChI is InChI=1S/C23H21Cl2N5O/c1-15-22(25)16(2)30(27-15)14-18-4-3-5-19(12-18)23(31)26-21-10-11-29(28-21)13-17-6-8-20(24)9-7-17/h3-12H,13-14H2,1-2H3,(H,26,28,31). The lowest BCUT2D eigenvalue weighted by molar-refractivity contribution is 0.102. The van der Waals surface area contributed by atoms with Gasteiger partial charge in [-0.05, 0) is 49.2 Å². The van der Waals surface area contributed by atoms with Gasteiger partial charge in [0.25, 0.3) is 5.91 Å². The number of rotatable bonds is 6. The topological polar surface area (TPSA) is 64.7 Å². The number of amides is 1. The van der Waals surface area contributed by atoms with Crippen LogP contribution < -0.4 is 5.32 Å². The van der Waals surface area contributed by atoms with Crippen molar-refractivity contribution in [2.24, 2.45) is 0 Å². The zero-order chi connectivity index (χ0) is 22.0. The van der Waals surface area contributed by atoms with Gasteiger partial charge >= 0.3 is 0 Å². The highest BCUT2D eigenvalue weighted by Gasteiger charge is 2.12. The van der Waals surface area contributed by atoms with E-state index < -0.39 is 0 Å². The van der Waals surface area contributed by atoms with E-state index in [0.717, 1.165) is 22.5 Å². The summed E-state index contributed by atoms with van der Waals surface area (Å²) in [5.74, 6) is 0.277. The number of aromatic nitrogens is 4. The van der Waals surface area contributed by atoms with E-state index in [1.54, 1.807) is 16.8 Å². The molecule has 8 heteroatoms. The second-order valence-electron chi connectivity index (χ2n) is 7.32. The third-order valence-electron chi connectivity index (χ3n) is 4.95. The molecule has 2 aromatic heterocycles. The third kappa shape index (κ3) is 4.98. The summed E-state index contributed by atoms with van der Waals surface area (Å²) in [4.78, 5) is 12.7. The maximum Gasteiger partial charge on any atom is 0.256 e. The lowest BCUT2D eigenvalue weighted by Gasteiger charge is -2.07. The van der Waals surface area contributed by atoms with Crippen LogP contribution in [0.3, 0.4) is 0 Å². The molecule has 4 rings (SSSR count). The van der Waals surface area contributed by atoms with Crippen LogP contribution in [-0.4, -0.2) is 25.5 Å². The molecule has 0 aliphatic carbocycles. The maximum atomic E-state index is 12.7. The summed E-state index contributed by atoms with van der Waals surface area (Å²) in [5.41, 5.74) is 4.28. The molecule has 1 amide bonds.